The Morgan fingerprint density at radius 3 is 2.83 bits per heavy atom. The zero-order valence-electron chi connectivity index (χ0n) is 10.4. The second kappa shape index (κ2) is 5.97. The van der Waals surface area contributed by atoms with Crippen molar-refractivity contribution in [2.75, 3.05) is 12.4 Å². The fourth-order valence-corrected chi connectivity index (χ4v) is 1.32. The van der Waals surface area contributed by atoms with E-state index in [0.29, 0.717) is 5.56 Å². The summed E-state index contributed by atoms with van der Waals surface area (Å²) < 4.78 is 1.44. The van der Waals surface area contributed by atoms with Gasteiger partial charge in [-0.1, -0.05) is 0 Å². The van der Waals surface area contributed by atoms with Gasteiger partial charge >= 0.3 is 5.69 Å². The lowest BCUT2D eigenvalue weighted by Crippen LogP contribution is -2.27. The maximum absolute atomic E-state index is 11.5. The van der Waals surface area contributed by atoms with E-state index in [9.17, 15) is 9.59 Å². The Morgan fingerprint density at radius 1 is 1.61 bits per heavy atom. The van der Waals surface area contributed by atoms with E-state index in [4.69, 9.17) is 11.5 Å². The van der Waals surface area contributed by atoms with Gasteiger partial charge in [-0.3, -0.25) is 9.36 Å². The number of amides is 1. The highest BCUT2D eigenvalue weighted by molar-refractivity contribution is 5.92. The van der Waals surface area contributed by atoms with Crippen LogP contribution in [-0.4, -0.2) is 22.1 Å². The van der Waals surface area contributed by atoms with Crippen LogP contribution in [0.3, 0.4) is 0 Å². The first-order valence-electron chi connectivity index (χ1n) is 5.50. The smallest absolute Gasteiger partial charge is 0.349 e. The summed E-state index contributed by atoms with van der Waals surface area (Å²) in [4.78, 5) is 26.4. The van der Waals surface area contributed by atoms with Gasteiger partial charge in [0.25, 0.3) is 0 Å². The van der Waals surface area contributed by atoms with Gasteiger partial charge in [0.1, 0.15) is 5.82 Å². The largest absolute Gasteiger partial charge is 0.383 e. The summed E-state index contributed by atoms with van der Waals surface area (Å²) in [6.45, 7) is 3.77. The van der Waals surface area contributed by atoms with Gasteiger partial charge in [-0.2, -0.15) is 4.98 Å². The van der Waals surface area contributed by atoms with Crippen molar-refractivity contribution < 1.29 is 4.79 Å². The fourth-order valence-electron chi connectivity index (χ4n) is 1.32. The molecule has 0 atom stereocenters. The minimum atomic E-state index is -0.411. The molecule has 0 radical (unpaired) electrons. The third-order valence-electron chi connectivity index (χ3n) is 2.26. The predicted octanol–water partition coefficient (Wildman–Crippen LogP) is -0.548. The first kappa shape index (κ1) is 13.9. The molecule has 0 aliphatic heterocycles. The summed E-state index contributed by atoms with van der Waals surface area (Å²) in [5, 5.41) is 2.41. The molecule has 0 spiro atoms. The second-order valence-corrected chi connectivity index (χ2v) is 3.94. The Labute approximate surface area is 104 Å². The topological polar surface area (TPSA) is 116 Å². The van der Waals surface area contributed by atoms with Crippen LogP contribution in [0.1, 0.15) is 25.5 Å². The molecule has 1 aromatic rings. The number of anilines is 1. The molecule has 0 unspecified atom stereocenters. The van der Waals surface area contributed by atoms with Crippen LogP contribution < -0.4 is 22.5 Å². The fraction of sp³-hybridized carbons (Fsp3) is 0.364. The highest BCUT2D eigenvalue weighted by Crippen LogP contribution is 2.10. The van der Waals surface area contributed by atoms with Crippen LogP contribution in [0.2, 0.25) is 0 Å². The van der Waals surface area contributed by atoms with Gasteiger partial charge in [0, 0.05) is 23.9 Å². The Kier molecular flexibility index (Phi) is 4.61. The third kappa shape index (κ3) is 3.42. The van der Waals surface area contributed by atoms with E-state index in [-0.39, 0.29) is 24.4 Å². The number of aromatic nitrogens is 2. The van der Waals surface area contributed by atoms with Crippen LogP contribution in [0.25, 0.3) is 6.08 Å². The number of carbonyl (C=O) groups is 1. The Bertz CT molecular complexity index is 519. The van der Waals surface area contributed by atoms with E-state index in [0.717, 1.165) is 0 Å². The van der Waals surface area contributed by atoms with Crippen LogP contribution in [-0.2, 0) is 4.79 Å². The van der Waals surface area contributed by atoms with Gasteiger partial charge in [0.2, 0.25) is 5.91 Å². The maximum Gasteiger partial charge on any atom is 0.349 e. The number of nitrogens with one attached hydrogen (secondary N) is 1. The Hall–Kier alpha value is -2.15. The summed E-state index contributed by atoms with van der Waals surface area (Å²) in [6.07, 6.45) is 4.35. The van der Waals surface area contributed by atoms with Crippen LogP contribution in [0.5, 0.6) is 0 Å². The van der Waals surface area contributed by atoms with Gasteiger partial charge < -0.3 is 16.8 Å². The Balaban J connectivity index is 3.06. The average Bonchev–Trinajstić information content (AvgIpc) is 2.27. The minimum Gasteiger partial charge on any atom is -0.383 e. The molecule has 5 N–H and O–H groups in total. The molecule has 0 aliphatic carbocycles. The molecule has 1 heterocycles. The zero-order chi connectivity index (χ0) is 13.7. The number of hydrogen-bond acceptors (Lipinski definition) is 5. The average molecular weight is 251 g/mol. The zero-order valence-corrected chi connectivity index (χ0v) is 10.4. The molecule has 1 rings (SSSR count). The van der Waals surface area contributed by atoms with Crippen molar-refractivity contribution in [1.29, 1.82) is 0 Å². The predicted molar refractivity (Wildman–Crippen MR) is 69.5 cm³/mol. The van der Waals surface area contributed by atoms with E-state index in [1.54, 1.807) is 6.20 Å². The molecule has 7 heteroatoms. The first-order chi connectivity index (χ1) is 8.45. The van der Waals surface area contributed by atoms with Crippen molar-refractivity contribution in [2.24, 2.45) is 5.73 Å². The lowest BCUT2D eigenvalue weighted by Gasteiger charge is -2.10. The summed E-state index contributed by atoms with van der Waals surface area (Å²) in [5.74, 6) is -0.243. The van der Waals surface area contributed by atoms with E-state index < -0.39 is 5.69 Å². The highest BCUT2D eigenvalue weighted by Gasteiger charge is 2.06. The molecular weight excluding hydrogens is 234 g/mol. The quantitative estimate of drug-likeness (QED) is 0.490. The summed E-state index contributed by atoms with van der Waals surface area (Å²) in [7, 11) is 0. The lowest BCUT2D eigenvalue weighted by molar-refractivity contribution is -0.116. The number of nitrogens with zero attached hydrogens (tertiary/aromatic N) is 2. The van der Waals surface area contributed by atoms with Crippen molar-refractivity contribution in [3.63, 3.8) is 0 Å². The molecule has 0 aliphatic rings. The van der Waals surface area contributed by atoms with Gasteiger partial charge in [0.05, 0.1) is 6.67 Å². The van der Waals surface area contributed by atoms with Crippen LogP contribution in [0.15, 0.2) is 17.1 Å². The number of hydrogen-bond donors (Lipinski definition) is 3. The Morgan fingerprint density at radius 2 is 2.28 bits per heavy atom. The van der Waals surface area contributed by atoms with Crippen LogP contribution >= 0.6 is 0 Å². The van der Waals surface area contributed by atoms with Gasteiger partial charge in [-0.05, 0) is 19.9 Å². The molecule has 0 saturated heterocycles. The summed E-state index contributed by atoms with van der Waals surface area (Å²) in [5.41, 5.74) is 10.9. The van der Waals surface area contributed by atoms with Crippen molar-refractivity contribution in [3.8, 4) is 0 Å². The summed E-state index contributed by atoms with van der Waals surface area (Å²) >= 11 is 0. The molecule has 18 heavy (non-hydrogen) atoms. The van der Waals surface area contributed by atoms with Crippen molar-refractivity contribution in [2.45, 2.75) is 19.9 Å². The molecule has 0 aromatic carbocycles. The number of rotatable bonds is 4. The molecule has 98 valence electrons. The number of nitrogens with two attached hydrogens (primary N) is 2. The molecule has 1 amide bonds. The van der Waals surface area contributed by atoms with Crippen LogP contribution in [0.4, 0.5) is 5.82 Å². The van der Waals surface area contributed by atoms with Gasteiger partial charge in [-0.15, -0.1) is 0 Å². The minimum absolute atomic E-state index is 0.0318. The number of nitrogen functional groups attached to an aromatic ring is 1. The normalized spacial score (nSPS) is 11.1. The molecular formula is C11H17N5O2. The van der Waals surface area contributed by atoms with E-state index >= 15 is 0 Å². The standard InChI is InChI=1S/C11H17N5O2/c1-7(2)16-5-8(10(13)15-11(16)18)3-4-9(17)14-6-12/h3-5,7H,6,12H2,1-2H3,(H,14,17)(H2,13,15,18)/b4-3+. The molecule has 0 saturated carbocycles. The lowest BCUT2D eigenvalue weighted by atomic mass is 10.2. The van der Waals surface area contributed by atoms with Crippen molar-refractivity contribution in [3.05, 3.63) is 28.3 Å². The van der Waals surface area contributed by atoms with E-state index in [1.807, 2.05) is 13.8 Å². The molecule has 0 fully saturated rings. The van der Waals surface area contributed by atoms with Crippen molar-refractivity contribution >= 4 is 17.8 Å². The maximum atomic E-state index is 11.5. The number of carbonyl (C=O) groups excluding carboxylic acids is 1. The monoisotopic (exact) mass is 251 g/mol. The van der Waals surface area contributed by atoms with E-state index in [1.165, 1.54) is 16.7 Å². The molecule has 0 bridgehead atoms. The first-order valence-corrected chi connectivity index (χ1v) is 5.50. The van der Waals surface area contributed by atoms with Gasteiger partial charge in [-0.25, -0.2) is 4.79 Å². The van der Waals surface area contributed by atoms with Gasteiger partial charge in [0.15, 0.2) is 0 Å². The van der Waals surface area contributed by atoms with Crippen LogP contribution in [0, 0.1) is 0 Å². The van der Waals surface area contributed by atoms with Crippen molar-refractivity contribution in [1.82, 2.24) is 14.9 Å². The third-order valence-corrected chi connectivity index (χ3v) is 2.26. The second-order valence-electron chi connectivity index (χ2n) is 3.94. The SMILES string of the molecule is CC(C)n1cc(/C=C/C(=O)NCN)c(N)nc1=O. The molecule has 7 nitrogen and oxygen atoms in total. The molecule has 1 aromatic heterocycles. The summed E-state index contributed by atoms with van der Waals surface area (Å²) in [6, 6.07) is -0.0318. The van der Waals surface area contributed by atoms with E-state index in [2.05, 4.69) is 10.3 Å². The highest BCUT2D eigenvalue weighted by atomic mass is 16.2.